The highest BCUT2D eigenvalue weighted by Crippen LogP contribution is 2.52. The van der Waals surface area contributed by atoms with Crippen LogP contribution in [0.15, 0.2) is 67.3 Å². The highest BCUT2D eigenvalue weighted by molar-refractivity contribution is 7.17. The van der Waals surface area contributed by atoms with Crippen molar-refractivity contribution in [2.24, 2.45) is 0 Å². The Morgan fingerprint density at radius 2 is 1.66 bits per heavy atom. The van der Waals surface area contributed by atoms with Crippen LogP contribution in [0.1, 0.15) is 64.1 Å². The normalized spacial score (nSPS) is 18.4. The topological polar surface area (TPSA) is 73.8 Å². The molecule has 274 valence electrons. The predicted molar refractivity (Wildman–Crippen MR) is 224 cm³/mol. The van der Waals surface area contributed by atoms with Gasteiger partial charge in [0.25, 0.3) is 0 Å². The molecule has 0 N–H and O–H groups in total. The Morgan fingerprint density at radius 1 is 0.943 bits per heavy atom. The summed E-state index contributed by atoms with van der Waals surface area (Å²) in [6.07, 6.45) is 13.0. The fraction of sp³-hybridized carbons (Fsp3) is 0.372. The van der Waals surface area contributed by atoms with Crippen LogP contribution in [0.2, 0.25) is 18.6 Å². The number of aromatic nitrogens is 2. The van der Waals surface area contributed by atoms with Crippen molar-refractivity contribution < 1.29 is 19.0 Å². The molecule has 3 aliphatic rings. The molecule has 53 heavy (non-hydrogen) atoms. The van der Waals surface area contributed by atoms with Gasteiger partial charge in [-0.3, -0.25) is 0 Å². The maximum atomic E-state index is 12.2. The first-order chi connectivity index (χ1) is 25.7. The monoisotopic (exact) mass is 778 g/mol. The van der Waals surface area contributed by atoms with E-state index in [-0.39, 0.29) is 6.61 Å². The summed E-state index contributed by atoms with van der Waals surface area (Å²) in [6, 6.07) is 16.0. The first-order valence-electron chi connectivity index (χ1n) is 18.7. The zero-order valence-electron chi connectivity index (χ0n) is 31.0. The number of carbonyl (C=O) groups is 1. The maximum Gasteiger partial charge on any atom is 0.330 e. The number of fused-ring (bicyclic) bond motifs is 4. The Hall–Kier alpha value is -3.51. The summed E-state index contributed by atoms with van der Waals surface area (Å²) in [7, 11) is -1.76. The van der Waals surface area contributed by atoms with Crippen LogP contribution in [0.4, 0.5) is 0 Å². The van der Waals surface area contributed by atoms with Crippen molar-refractivity contribution in [1.82, 2.24) is 8.75 Å². The van der Waals surface area contributed by atoms with Gasteiger partial charge in [0.15, 0.2) is 0 Å². The van der Waals surface area contributed by atoms with Crippen LogP contribution in [0.5, 0.6) is 0 Å². The van der Waals surface area contributed by atoms with Gasteiger partial charge in [0.2, 0.25) is 0 Å². The lowest BCUT2D eigenvalue weighted by molar-refractivity contribution is -0.138. The molecule has 0 radical (unpaired) electrons. The van der Waals surface area contributed by atoms with Crippen molar-refractivity contribution in [3.63, 3.8) is 0 Å². The number of aryl methyl sites for hydroxylation is 3. The van der Waals surface area contributed by atoms with Crippen molar-refractivity contribution in [3.8, 4) is 20.9 Å². The van der Waals surface area contributed by atoms with Gasteiger partial charge in [-0.15, -0.1) is 22.7 Å². The molecule has 1 aliphatic carbocycles. The third-order valence-electron chi connectivity index (χ3n) is 11.1. The Morgan fingerprint density at radius 3 is 2.42 bits per heavy atom. The lowest BCUT2D eigenvalue weighted by Crippen LogP contribution is -2.42. The predicted octanol–water partition coefficient (Wildman–Crippen LogP) is 10.7. The van der Waals surface area contributed by atoms with Crippen LogP contribution in [0.3, 0.4) is 0 Å². The average Bonchev–Trinajstić information content (AvgIpc) is 3.44. The van der Waals surface area contributed by atoms with Crippen LogP contribution < -0.4 is 5.19 Å². The summed E-state index contributed by atoms with van der Waals surface area (Å²) in [4.78, 5) is 17.2. The molecule has 2 aliphatic heterocycles. The molecule has 10 heteroatoms. The van der Waals surface area contributed by atoms with E-state index in [4.69, 9.17) is 23.0 Å². The first kappa shape index (κ1) is 36.5. The zero-order valence-corrected chi connectivity index (χ0v) is 34.4. The van der Waals surface area contributed by atoms with Gasteiger partial charge >= 0.3 is 5.97 Å². The summed E-state index contributed by atoms with van der Waals surface area (Å²) >= 11 is 4.90. The largest absolute Gasteiger partial charge is 0.458 e. The summed E-state index contributed by atoms with van der Waals surface area (Å²) in [5, 5.41) is 1.57. The zero-order chi connectivity index (χ0) is 36.7. The number of nitrogens with zero attached hydrogens (tertiary/aromatic N) is 2. The van der Waals surface area contributed by atoms with Crippen molar-refractivity contribution in [2.75, 3.05) is 19.8 Å². The van der Waals surface area contributed by atoms with E-state index >= 15 is 0 Å². The van der Waals surface area contributed by atoms with Gasteiger partial charge in [0.05, 0.1) is 33.0 Å². The summed E-state index contributed by atoms with van der Waals surface area (Å²) in [5.41, 5.74) is 12.6. The van der Waals surface area contributed by atoms with E-state index in [1.54, 1.807) is 16.5 Å². The molecule has 0 spiro atoms. The van der Waals surface area contributed by atoms with Crippen molar-refractivity contribution in [1.29, 1.82) is 0 Å². The summed E-state index contributed by atoms with van der Waals surface area (Å²) in [5.74, 6) is -0.413. The van der Waals surface area contributed by atoms with E-state index in [1.807, 2.05) is 11.3 Å². The van der Waals surface area contributed by atoms with Crippen LogP contribution in [-0.4, -0.2) is 48.7 Å². The Balaban J connectivity index is 1.04. The number of unbranched alkanes of at least 4 members (excludes halogenated alkanes) is 3. The summed E-state index contributed by atoms with van der Waals surface area (Å²) < 4.78 is 26.3. The number of ether oxygens (including phenoxy) is 3. The molecule has 5 aromatic rings. The van der Waals surface area contributed by atoms with E-state index in [9.17, 15) is 4.79 Å². The minimum atomic E-state index is -1.76. The van der Waals surface area contributed by atoms with Gasteiger partial charge in [0.1, 0.15) is 23.7 Å². The molecule has 0 saturated carbocycles. The fourth-order valence-corrected chi connectivity index (χ4v) is 14.5. The molecule has 0 amide bonds. The SMILES string of the molecule is C=CC(=O)OCc1cc(-c2ccc(-c3cc(CCCCCCOCC4CO4)c(C)s3)c3nsnc23)sc1C1=CC=C2c3ccc(C)cc3[Si](C)(C)C2C1. The fourth-order valence-electron chi connectivity index (χ4n) is 7.99. The average molecular weight is 779 g/mol. The number of thiophene rings is 2. The molecular formula is C43H46N2O4S3Si. The quantitative estimate of drug-likeness (QED) is 0.0346. The number of carbonyl (C=O) groups excluding carboxylic acids is 1. The minimum Gasteiger partial charge on any atom is -0.458 e. The van der Waals surface area contributed by atoms with Crippen LogP contribution in [0, 0.1) is 13.8 Å². The highest BCUT2D eigenvalue weighted by Gasteiger charge is 2.45. The van der Waals surface area contributed by atoms with E-state index in [0.717, 1.165) is 71.7 Å². The number of hydrogen-bond acceptors (Lipinski definition) is 9. The van der Waals surface area contributed by atoms with Gasteiger partial charge in [-0.2, -0.15) is 8.75 Å². The van der Waals surface area contributed by atoms with Crippen LogP contribution in [-0.2, 0) is 32.0 Å². The molecule has 1 fully saturated rings. The maximum absolute atomic E-state index is 12.2. The molecule has 2 aromatic carbocycles. The van der Waals surface area contributed by atoms with Crippen molar-refractivity contribution in [2.45, 2.75) is 83.7 Å². The van der Waals surface area contributed by atoms with Crippen LogP contribution >= 0.6 is 34.4 Å². The summed E-state index contributed by atoms with van der Waals surface area (Å²) in [6.45, 7) is 15.7. The second kappa shape index (κ2) is 15.3. The molecule has 8 rings (SSSR count). The molecule has 6 nitrogen and oxygen atoms in total. The Bertz CT molecular complexity index is 2260. The second-order valence-corrected chi connectivity index (χ2v) is 22.6. The highest BCUT2D eigenvalue weighted by atomic mass is 32.1. The number of epoxide rings is 1. The Labute approximate surface area is 325 Å². The number of allylic oxidation sites excluding steroid dienone is 4. The molecule has 1 saturated heterocycles. The van der Waals surface area contributed by atoms with Gasteiger partial charge in [-0.05, 0) is 79.5 Å². The lowest BCUT2D eigenvalue weighted by atomic mass is 9.91. The third-order valence-corrected chi connectivity index (χ3v) is 18.1. The van der Waals surface area contributed by atoms with Gasteiger partial charge < -0.3 is 14.2 Å². The van der Waals surface area contributed by atoms with E-state index in [1.165, 1.54) is 79.5 Å². The van der Waals surface area contributed by atoms with Crippen molar-refractivity contribution >= 4 is 75.8 Å². The smallest absolute Gasteiger partial charge is 0.330 e. The standard InChI is InChI=1S/C43H46N2O4S3Si/c1-6-40(46)49-23-30-21-37(51-43(30)29-13-15-33-32-14-12-26(2)19-38(32)53(4,5)39(33)22-29)35-17-16-34(41-42(35)45-52-44-41)36-20-28(27(3)50-36)11-9-7-8-10-18-47-24-31-25-48-31/h6,12-17,19-21,31,39H,1,7-11,18,22-25H2,2-5H3. The molecule has 0 bridgehead atoms. The molecule has 3 aromatic heterocycles. The second-order valence-electron chi connectivity index (χ2n) is 15.1. The molecular weight excluding hydrogens is 733 g/mol. The number of hydrogen-bond donors (Lipinski definition) is 0. The van der Waals surface area contributed by atoms with Gasteiger partial charge in [-0.1, -0.05) is 85.7 Å². The number of rotatable bonds is 15. The Kier molecular flexibility index (Phi) is 10.5. The van der Waals surface area contributed by atoms with E-state index in [2.05, 4.69) is 88.1 Å². The van der Waals surface area contributed by atoms with E-state index in [0.29, 0.717) is 11.6 Å². The van der Waals surface area contributed by atoms with Gasteiger partial charge in [0, 0.05) is 48.9 Å². The van der Waals surface area contributed by atoms with Gasteiger partial charge in [-0.25, -0.2) is 4.79 Å². The minimum absolute atomic E-state index is 0.201. The molecule has 2 unspecified atom stereocenters. The molecule has 5 heterocycles. The van der Waals surface area contributed by atoms with Crippen molar-refractivity contribution in [3.05, 3.63) is 99.3 Å². The first-order valence-corrected chi connectivity index (χ1v) is 24.1. The third kappa shape index (κ3) is 7.46. The van der Waals surface area contributed by atoms with Crippen LogP contribution in [0.25, 0.3) is 43.1 Å². The number of esters is 1. The lowest BCUT2D eigenvalue weighted by Gasteiger charge is -2.29. The number of benzene rings is 2. The molecule has 2 atom stereocenters. The van der Waals surface area contributed by atoms with E-state index < -0.39 is 14.0 Å².